The summed E-state index contributed by atoms with van der Waals surface area (Å²) in [6, 6.07) is 8.29. The summed E-state index contributed by atoms with van der Waals surface area (Å²) >= 11 is 1.63. The zero-order valence-electron chi connectivity index (χ0n) is 15.5. The highest BCUT2D eigenvalue weighted by Gasteiger charge is 2.18. The second-order valence-corrected chi connectivity index (χ2v) is 7.57. The Morgan fingerprint density at radius 1 is 1.32 bits per heavy atom. The largest absolute Gasteiger partial charge is 0.495 e. The van der Waals surface area contributed by atoms with Crippen LogP contribution in [0, 0.1) is 6.92 Å². The number of amides is 1. The van der Waals surface area contributed by atoms with Crippen molar-refractivity contribution in [3.8, 4) is 16.2 Å². The number of rotatable bonds is 6. The molecular weight excluding hydrogens is 376 g/mol. The number of carbonyl (C=O) groups excluding carboxylic acids is 1. The van der Waals surface area contributed by atoms with Gasteiger partial charge in [0.1, 0.15) is 17.6 Å². The summed E-state index contributed by atoms with van der Waals surface area (Å²) < 4.78 is 8.38. The minimum absolute atomic E-state index is 0.0858. The predicted molar refractivity (Wildman–Crippen MR) is 110 cm³/mol. The van der Waals surface area contributed by atoms with Crippen LogP contribution < -0.4 is 21.5 Å². The Hall–Kier alpha value is -3.17. The normalized spacial score (nSPS) is 11.4. The van der Waals surface area contributed by atoms with Crippen LogP contribution in [-0.4, -0.2) is 34.2 Å². The maximum Gasteiger partial charge on any atom is 0.231 e. The van der Waals surface area contributed by atoms with Gasteiger partial charge < -0.3 is 21.5 Å². The molecule has 8 nitrogen and oxygen atoms in total. The standard InChI is InChI=1S/C19H20N6O2S/c1-10-3-11-5-15(28-18(11)14(4-10)27-2)13-6-12(7-22-8-16(20)26)25-17(13)19(21)23-9-24-25/h3-6,9,22H,7-8H2,1-2H3,(H2,20,26)(H2,21,23,24). The number of fused-ring (bicyclic) bond motifs is 2. The van der Waals surface area contributed by atoms with E-state index in [0.29, 0.717) is 12.4 Å². The number of aryl methyl sites for hydroxylation is 1. The van der Waals surface area contributed by atoms with Gasteiger partial charge in [0.15, 0.2) is 5.82 Å². The van der Waals surface area contributed by atoms with Gasteiger partial charge in [-0.15, -0.1) is 11.3 Å². The van der Waals surface area contributed by atoms with Crippen molar-refractivity contribution in [2.24, 2.45) is 5.73 Å². The molecule has 9 heteroatoms. The number of aromatic nitrogens is 3. The van der Waals surface area contributed by atoms with Gasteiger partial charge in [-0.25, -0.2) is 9.50 Å². The topological polar surface area (TPSA) is 121 Å². The first-order chi connectivity index (χ1) is 13.5. The molecule has 144 valence electrons. The molecule has 0 spiro atoms. The van der Waals surface area contributed by atoms with Gasteiger partial charge in [0.2, 0.25) is 5.91 Å². The van der Waals surface area contributed by atoms with Gasteiger partial charge in [-0.2, -0.15) is 5.10 Å². The zero-order chi connectivity index (χ0) is 19.8. The molecule has 3 heterocycles. The van der Waals surface area contributed by atoms with Gasteiger partial charge in [-0.1, -0.05) is 6.07 Å². The number of anilines is 1. The van der Waals surface area contributed by atoms with Crippen molar-refractivity contribution in [3.05, 3.63) is 41.9 Å². The second-order valence-electron chi connectivity index (χ2n) is 6.52. The molecule has 4 aromatic rings. The number of nitrogens with two attached hydrogens (primary N) is 2. The summed E-state index contributed by atoms with van der Waals surface area (Å²) in [6.45, 7) is 2.55. The fourth-order valence-corrected chi connectivity index (χ4v) is 4.46. The Morgan fingerprint density at radius 2 is 2.14 bits per heavy atom. The fraction of sp³-hybridized carbons (Fsp3) is 0.211. The number of benzene rings is 1. The lowest BCUT2D eigenvalue weighted by Crippen LogP contribution is -2.28. The maximum absolute atomic E-state index is 11.0. The van der Waals surface area contributed by atoms with E-state index in [1.54, 1.807) is 23.0 Å². The number of nitrogen functional groups attached to an aromatic ring is 1. The van der Waals surface area contributed by atoms with Crippen molar-refractivity contribution in [2.45, 2.75) is 13.5 Å². The Bertz CT molecular complexity index is 1200. The number of hydrogen-bond donors (Lipinski definition) is 3. The molecule has 28 heavy (non-hydrogen) atoms. The van der Waals surface area contributed by atoms with Crippen LogP contribution in [0.1, 0.15) is 11.3 Å². The molecule has 1 amide bonds. The Balaban J connectivity index is 1.86. The fourth-order valence-electron chi connectivity index (χ4n) is 3.31. The summed E-state index contributed by atoms with van der Waals surface area (Å²) in [5.41, 5.74) is 15.1. The average Bonchev–Trinajstić information content (AvgIpc) is 3.23. The monoisotopic (exact) mass is 396 g/mol. The number of primary amides is 1. The van der Waals surface area contributed by atoms with E-state index in [0.717, 1.165) is 43.1 Å². The van der Waals surface area contributed by atoms with Gasteiger partial charge >= 0.3 is 0 Å². The van der Waals surface area contributed by atoms with Crippen molar-refractivity contribution in [1.82, 2.24) is 19.9 Å². The van der Waals surface area contributed by atoms with Gasteiger partial charge in [-0.05, 0) is 36.1 Å². The number of hydrogen-bond acceptors (Lipinski definition) is 7. The molecule has 4 rings (SSSR count). The molecule has 5 N–H and O–H groups in total. The lowest BCUT2D eigenvalue weighted by Gasteiger charge is -2.03. The highest BCUT2D eigenvalue weighted by molar-refractivity contribution is 7.22. The SMILES string of the molecule is COc1cc(C)cc2cc(-c3cc(CNCC(N)=O)n4ncnc(N)c34)sc12. The van der Waals surface area contributed by atoms with Crippen LogP contribution >= 0.6 is 11.3 Å². The summed E-state index contributed by atoms with van der Waals surface area (Å²) in [6.07, 6.45) is 1.42. The van der Waals surface area contributed by atoms with Crippen molar-refractivity contribution in [3.63, 3.8) is 0 Å². The van der Waals surface area contributed by atoms with Crippen LogP contribution in [-0.2, 0) is 11.3 Å². The molecule has 0 saturated carbocycles. The molecule has 0 unspecified atom stereocenters. The van der Waals surface area contributed by atoms with Crippen LogP contribution in [0.4, 0.5) is 5.82 Å². The average molecular weight is 396 g/mol. The van der Waals surface area contributed by atoms with Gasteiger partial charge in [-0.3, -0.25) is 4.79 Å². The molecule has 0 radical (unpaired) electrons. The first-order valence-electron chi connectivity index (χ1n) is 8.66. The molecule has 0 aliphatic rings. The van der Waals surface area contributed by atoms with Crippen LogP contribution in [0.15, 0.2) is 30.6 Å². The van der Waals surface area contributed by atoms with E-state index in [-0.39, 0.29) is 6.54 Å². The summed E-state index contributed by atoms with van der Waals surface area (Å²) in [7, 11) is 1.68. The first kappa shape index (κ1) is 18.2. The Kier molecular flexibility index (Phi) is 4.62. The van der Waals surface area contributed by atoms with Crippen molar-refractivity contribution < 1.29 is 9.53 Å². The van der Waals surface area contributed by atoms with Crippen LogP contribution in [0.25, 0.3) is 26.0 Å². The number of thiophene rings is 1. The minimum atomic E-state index is -0.415. The Morgan fingerprint density at radius 3 is 2.89 bits per heavy atom. The van der Waals surface area contributed by atoms with E-state index in [4.69, 9.17) is 16.2 Å². The quantitative estimate of drug-likeness (QED) is 0.459. The van der Waals surface area contributed by atoms with Gasteiger partial charge in [0, 0.05) is 17.0 Å². The number of methoxy groups -OCH3 is 1. The lowest BCUT2D eigenvalue weighted by atomic mass is 10.1. The van der Waals surface area contributed by atoms with E-state index >= 15 is 0 Å². The van der Waals surface area contributed by atoms with Gasteiger partial charge in [0.25, 0.3) is 0 Å². The first-order valence-corrected chi connectivity index (χ1v) is 9.48. The third-order valence-corrected chi connectivity index (χ3v) is 5.67. The molecule has 0 aliphatic heterocycles. The molecule has 1 aromatic carbocycles. The van der Waals surface area contributed by atoms with E-state index in [1.807, 2.05) is 19.1 Å². The van der Waals surface area contributed by atoms with Crippen LogP contribution in [0.2, 0.25) is 0 Å². The number of carbonyl (C=O) groups is 1. The highest BCUT2D eigenvalue weighted by Crippen LogP contribution is 2.42. The summed E-state index contributed by atoms with van der Waals surface area (Å²) in [5.74, 6) is 0.830. The number of ether oxygens (including phenoxy) is 1. The predicted octanol–water partition coefficient (Wildman–Crippen LogP) is 2.09. The summed E-state index contributed by atoms with van der Waals surface area (Å²) in [4.78, 5) is 16.2. The smallest absolute Gasteiger partial charge is 0.231 e. The minimum Gasteiger partial charge on any atom is -0.495 e. The molecule has 0 fully saturated rings. The third kappa shape index (κ3) is 3.14. The molecule has 0 saturated heterocycles. The maximum atomic E-state index is 11.0. The lowest BCUT2D eigenvalue weighted by molar-refractivity contribution is -0.117. The third-order valence-electron chi connectivity index (χ3n) is 4.47. The van der Waals surface area contributed by atoms with E-state index in [9.17, 15) is 4.79 Å². The molecule has 0 bridgehead atoms. The second kappa shape index (κ2) is 7.10. The van der Waals surface area contributed by atoms with Crippen LogP contribution in [0.3, 0.4) is 0 Å². The van der Waals surface area contributed by atoms with E-state index in [1.165, 1.54) is 6.33 Å². The van der Waals surface area contributed by atoms with Crippen molar-refractivity contribution >= 4 is 38.7 Å². The van der Waals surface area contributed by atoms with Crippen molar-refractivity contribution in [1.29, 1.82) is 0 Å². The van der Waals surface area contributed by atoms with Gasteiger partial charge in [0.05, 0.1) is 24.0 Å². The summed E-state index contributed by atoms with van der Waals surface area (Å²) in [5, 5.41) is 8.46. The Labute approximate surface area is 165 Å². The van der Waals surface area contributed by atoms with Crippen LogP contribution in [0.5, 0.6) is 5.75 Å². The molecule has 3 aromatic heterocycles. The highest BCUT2D eigenvalue weighted by atomic mass is 32.1. The van der Waals surface area contributed by atoms with Crippen molar-refractivity contribution in [2.75, 3.05) is 19.4 Å². The van der Waals surface area contributed by atoms with E-state index < -0.39 is 5.91 Å². The molecular formula is C19H20N6O2S. The molecule has 0 aliphatic carbocycles. The number of nitrogens with one attached hydrogen (secondary N) is 1. The molecule has 0 atom stereocenters. The zero-order valence-corrected chi connectivity index (χ0v) is 16.3. The number of nitrogens with zero attached hydrogens (tertiary/aromatic N) is 3. The van der Waals surface area contributed by atoms with E-state index in [2.05, 4.69) is 27.5 Å².